The van der Waals surface area contributed by atoms with Gasteiger partial charge in [-0.3, -0.25) is 14.5 Å². The molecular formula is C21H28N4O2S. The molecule has 4 rings (SSSR count). The summed E-state index contributed by atoms with van der Waals surface area (Å²) >= 11 is 1.67. The third-order valence-electron chi connectivity index (χ3n) is 6.48. The number of thiazole rings is 1. The van der Waals surface area contributed by atoms with Crippen LogP contribution in [0.2, 0.25) is 0 Å². The first-order valence-electron chi connectivity index (χ1n) is 10.1. The molecule has 6 nitrogen and oxygen atoms in total. The number of aromatic nitrogens is 1. The van der Waals surface area contributed by atoms with E-state index in [0.717, 1.165) is 55.8 Å². The molecule has 2 amide bonds. The normalized spacial score (nSPS) is 22.6. The third-order valence-corrected chi connectivity index (χ3v) is 7.57. The van der Waals surface area contributed by atoms with Crippen LogP contribution in [-0.2, 0) is 16.0 Å². The number of fused-ring (bicyclic) bond motifs is 1. The number of primary amides is 1. The van der Waals surface area contributed by atoms with E-state index in [2.05, 4.69) is 16.0 Å². The van der Waals surface area contributed by atoms with E-state index in [4.69, 9.17) is 5.73 Å². The standard InChI is InChI=1S/C21H28N4O2S/c1-24-12-4-9-21(19(24)20(22)27)10-13-25(14-11-21)18(26)8-7-17-23-15-5-2-3-6-16(15)28-17/h2-3,5-6,19H,4,7-14H2,1H3,(H2,22,27). The number of hydrogen-bond donors (Lipinski definition) is 1. The maximum Gasteiger partial charge on any atom is 0.235 e. The van der Waals surface area contributed by atoms with Crippen LogP contribution in [0.1, 0.15) is 37.1 Å². The SMILES string of the molecule is CN1CCCC2(CCN(C(=O)CCc3nc4ccccc4s3)CC2)C1C(N)=O. The fourth-order valence-corrected chi connectivity index (χ4v) is 6.02. The largest absolute Gasteiger partial charge is 0.368 e. The number of piperidine rings is 2. The average Bonchev–Trinajstić information content (AvgIpc) is 3.09. The van der Waals surface area contributed by atoms with Crippen molar-refractivity contribution in [2.45, 2.75) is 44.6 Å². The average molecular weight is 401 g/mol. The summed E-state index contributed by atoms with van der Waals surface area (Å²) < 4.78 is 1.17. The predicted molar refractivity (Wildman–Crippen MR) is 111 cm³/mol. The molecule has 7 heteroatoms. The number of likely N-dealkylation sites (tertiary alicyclic amines) is 2. The van der Waals surface area contributed by atoms with E-state index in [-0.39, 0.29) is 23.3 Å². The molecule has 2 aliphatic heterocycles. The molecule has 1 aromatic heterocycles. The first kappa shape index (κ1) is 19.3. The lowest BCUT2D eigenvalue weighted by Crippen LogP contribution is -2.60. The van der Waals surface area contributed by atoms with Crippen molar-refractivity contribution in [3.8, 4) is 0 Å². The van der Waals surface area contributed by atoms with Gasteiger partial charge in [-0.2, -0.15) is 0 Å². The summed E-state index contributed by atoms with van der Waals surface area (Å²) in [6.07, 6.45) is 5.01. The Morgan fingerprint density at radius 1 is 1.21 bits per heavy atom. The summed E-state index contributed by atoms with van der Waals surface area (Å²) in [5.74, 6) is -0.0355. The maximum absolute atomic E-state index is 12.7. The monoisotopic (exact) mass is 400 g/mol. The number of carbonyl (C=O) groups is 2. The van der Waals surface area contributed by atoms with Crippen LogP contribution in [0.15, 0.2) is 24.3 Å². The van der Waals surface area contributed by atoms with Gasteiger partial charge in [-0.05, 0) is 56.8 Å². The molecule has 0 saturated carbocycles. The van der Waals surface area contributed by atoms with Crippen molar-refractivity contribution in [1.82, 2.24) is 14.8 Å². The molecule has 0 radical (unpaired) electrons. The van der Waals surface area contributed by atoms with Gasteiger partial charge in [-0.1, -0.05) is 12.1 Å². The number of carbonyl (C=O) groups excluding carboxylic acids is 2. The van der Waals surface area contributed by atoms with Gasteiger partial charge in [0.25, 0.3) is 0 Å². The minimum absolute atomic E-state index is 0.0668. The van der Waals surface area contributed by atoms with Gasteiger partial charge >= 0.3 is 0 Å². The van der Waals surface area contributed by atoms with Crippen molar-refractivity contribution in [3.63, 3.8) is 0 Å². The van der Waals surface area contributed by atoms with Crippen molar-refractivity contribution >= 4 is 33.4 Å². The van der Waals surface area contributed by atoms with E-state index in [0.29, 0.717) is 12.8 Å². The zero-order chi connectivity index (χ0) is 19.7. The summed E-state index contributed by atoms with van der Waals surface area (Å²) in [5, 5.41) is 1.02. The third kappa shape index (κ3) is 3.65. The number of likely N-dealkylation sites (N-methyl/N-ethyl adjacent to an activating group) is 1. The second-order valence-electron chi connectivity index (χ2n) is 8.21. The van der Waals surface area contributed by atoms with E-state index in [9.17, 15) is 9.59 Å². The first-order valence-corrected chi connectivity index (χ1v) is 10.9. The lowest BCUT2D eigenvalue weighted by Gasteiger charge is -2.51. The molecule has 28 heavy (non-hydrogen) atoms. The second-order valence-corrected chi connectivity index (χ2v) is 9.32. The Balaban J connectivity index is 1.35. The topological polar surface area (TPSA) is 79.5 Å². The van der Waals surface area contributed by atoms with Crippen LogP contribution in [0, 0.1) is 5.41 Å². The van der Waals surface area contributed by atoms with Gasteiger partial charge in [0.1, 0.15) is 0 Å². The molecule has 2 fully saturated rings. The Labute approximate surface area is 169 Å². The first-order chi connectivity index (χ1) is 13.5. The zero-order valence-corrected chi connectivity index (χ0v) is 17.2. The number of aryl methyl sites for hydroxylation is 1. The summed E-state index contributed by atoms with van der Waals surface area (Å²) in [7, 11) is 1.99. The molecule has 2 aromatic rings. The van der Waals surface area contributed by atoms with Crippen LogP contribution < -0.4 is 5.73 Å². The number of nitrogens with zero attached hydrogens (tertiary/aromatic N) is 3. The highest BCUT2D eigenvalue weighted by Crippen LogP contribution is 2.44. The second kappa shape index (κ2) is 7.79. The Hall–Kier alpha value is -1.99. The van der Waals surface area contributed by atoms with E-state index in [1.54, 1.807) is 11.3 Å². The van der Waals surface area contributed by atoms with Gasteiger partial charge in [0.15, 0.2) is 0 Å². The van der Waals surface area contributed by atoms with Crippen molar-refractivity contribution in [2.75, 3.05) is 26.7 Å². The number of para-hydroxylation sites is 1. The van der Waals surface area contributed by atoms with Crippen molar-refractivity contribution in [2.24, 2.45) is 11.1 Å². The van der Waals surface area contributed by atoms with Gasteiger partial charge in [0, 0.05) is 25.9 Å². The molecule has 2 saturated heterocycles. The smallest absolute Gasteiger partial charge is 0.235 e. The van der Waals surface area contributed by atoms with E-state index in [1.165, 1.54) is 4.70 Å². The van der Waals surface area contributed by atoms with Crippen molar-refractivity contribution in [3.05, 3.63) is 29.3 Å². The number of amides is 2. The van der Waals surface area contributed by atoms with Gasteiger partial charge in [0.05, 0.1) is 21.3 Å². The molecular weight excluding hydrogens is 372 g/mol. The van der Waals surface area contributed by atoms with Gasteiger partial charge in [0.2, 0.25) is 11.8 Å². The molecule has 1 aromatic carbocycles. The van der Waals surface area contributed by atoms with E-state index >= 15 is 0 Å². The van der Waals surface area contributed by atoms with E-state index < -0.39 is 0 Å². The van der Waals surface area contributed by atoms with Crippen molar-refractivity contribution < 1.29 is 9.59 Å². The quantitative estimate of drug-likeness (QED) is 0.855. The van der Waals surface area contributed by atoms with Crippen LogP contribution in [0.25, 0.3) is 10.2 Å². The zero-order valence-electron chi connectivity index (χ0n) is 16.4. The lowest BCUT2D eigenvalue weighted by atomic mass is 9.66. The summed E-state index contributed by atoms with van der Waals surface area (Å²) in [5.41, 5.74) is 6.68. The fourth-order valence-electron chi connectivity index (χ4n) is 5.06. The molecule has 1 unspecified atom stereocenters. The lowest BCUT2D eigenvalue weighted by molar-refractivity contribution is -0.139. The molecule has 2 aliphatic rings. The van der Waals surface area contributed by atoms with Crippen LogP contribution in [0.5, 0.6) is 0 Å². The number of rotatable bonds is 4. The Kier molecular flexibility index (Phi) is 5.38. The van der Waals surface area contributed by atoms with Crippen LogP contribution in [-0.4, -0.2) is 59.3 Å². The molecule has 1 spiro atoms. The number of hydrogen-bond acceptors (Lipinski definition) is 5. The predicted octanol–water partition coefficient (Wildman–Crippen LogP) is 2.42. The maximum atomic E-state index is 12.7. The Morgan fingerprint density at radius 3 is 2.68 bits per heavy atom. The number of nitrogens with two attached hydrogens (primary N) is 1. The molecule has 0 bridgehead atoms. The molecule has 150 valence electrons. The summed E-state index contributed by atoms with van der Waals surface area (Å²) in [6, 6.07) is 7.88. The summed E-state index contributed by atoms with van der Waals surface area (Å²) in [4.78, 5) is 33.5. The highest BCUT2D eigenvalue weighted by molar-refractivity contribution is 7.18. The number of benzene rings is 1. The Bertz CT molecular complexity index is 839. The fraction of sp³-hybridized carbons (Fsp3) is 0.571. The van der Waals surface area contributed by atoms with Gasteiger partial charge < -0.3 is 10.6 Å². The van der Waals surface area contributed by atoms with Crippen LogP contribution in [0.4, 0.5) is 0 Å². The minimum Gasteiger partial charge on any atom is -0.368 e. The molecule has 1 atom stereocenters. The summed E-state index contributed by atoms with van der Waals surface area (Å²) in [6.45, 7) is 2.35. The Morgan fingerprint density at radius 2 is 1.96 bits per heavy atom. The highest BCUT2D eigenvalue weighted by Gasteiger charge is 2.48. The minimum atomic E-state index is -0.224. The molecule has 2 N–H and O–H groups in total. The molecule has 0 aliphatic carbocycles. The van der Waals surface area contributed by atoms with E-state index in [1.807, 2.05) is 30.1 Å². The van der Waals surface area contributed by atoms with Crippen molar-refractivity contribution in [1.29, 1.82) is 0 Å². The highest BCUT2D eigenvalue weighted by atomic mass is 32.1. The van der Waals surface area contributed by atoms with Crippen LogP contribution >= 0.6 is 11.3 Å². The van der Waals surface area contributed by atoms with Gasteiger partial charge in [-0.15, -0.1) is 11.3 Å². The molecule has 3 heterocycles. The van der Waals surface area contributed by atoms with Gasteiger partial charge in [-0.25, -0.2) is 4.98 Å². The van der Waals surface area contributed by atoms with Crippen LogP contribution in [0.3, 0.4) is 0 Å².